The average molecular weight is 486 g/mol. The number of nitrogens with zero attached hydrogens (tertiary/aromatic N) is 3. The molecule has 0 aliphatic carbocycles. The summed E-state index contributed by atoms with van der Waals surface area (Å²) in [5.41, 5.74) is 12.8. The summed E-state index contributed by atoms with van der Waals surface area (Å²) in [6.07, 6.45) is 1.50. The molecule has 0 radical (unpaired) electrons. The lowest BCUT2D eigenvalue weighted by Gasteiger charge is -2.30. The first-order chi connectivity index (χ1) is 15.7. The molecule has 3 N–H and O–H groups in total. The fourth-order valence-corrected chi connectivity index (χ4v) is 4.59. The number of primary amides is 1. The van der Waals surface area contributed by atoms with Crippen LogP contribution in [0.1, 0.15) is 34.5 Å². The van der Waals surface area contributed by atoms with Crippen molar-refractivity contribution >= 4 is 35.0 Å². The topological polar surface area (TPSA) is 93.2 Å². The molecule has 2 amide bonds. The molecule has 1 fully saturated rings. The summed E-state index contributed by atoms with van der Waals surface area (Å²) in [7, 11) is 0. The van der Waals surface area contributed by atoms with Crippen molar-refractivity contribution in [3.05, 3.63) is 69.3 Å². The van der Waals surface area contributed by atoms with Crippen molar-refractivity contribution in [3.8, 4) is 16.9 Å². The van der Waals surface area contributed by atoms with Crippen LogP contribution in [0.3, 0.4) is 0 Å². The minimum atomic E-state index is -0.353. The Morgan fingerprint density at radius 1 is 1.12 bits per heavy atom. The number of nitrogens with one attached hydrogen (secondary N) is 1. The van der Waals surface area contributed by atoms with Crippen LogP contribution in [0, 0.1) is 19.8 Å². The zero-order chi connectivity index (χ0) is 23.7. The fraction of sp³-hybridized carbons (Fsp3) is 0.292. The van der Waals surface area contributed by atoms with Gasteiger partial charge in [-0.1, -0.05) is 53.0 Å². The van der Waals surface area contributed by atoms with Crippen molar-refractivity contribution in [2.24, 2.45) is 11.7 Å². The number of nitrogens with two attached hydrogens (primary N) is 1. The molecular weight excluding hydrogens is 461 g/mol. The molecule has 3 aromatic rings. The highest BCUT2D eigenvalue weighted by Gasteiger charge is 2.28. The number of benzene rings is 2. The highest BCUT2D eigenvalue weighted by Crippen LogP contribution is 2.33. The van der Waals surface area contributed by atoms with Crippen LogP contribution >= 0.6 is 23.2 Å². The molecule has 1 unspecified atom stereocenters. The molecule has 2 aromatic carbocycles. The van der Waals surface area contributed by atoms with Crippen LogP contribution in [0.15, 0.2) is 42.5 Å². The van der Waals surface area contributed by atoms with Gasteiger partial charge in [0.15, 0.2) is 5.69 Å². The Hall–Kier alpha value is -2.87. The van der Waals surface area contributed by atoms with Crippen molar-refractivity contribution in [1.82, 2.24) is 20.2 Å². The normalized spacial score (nSPS) is 16.5. The van der Waals surface area contributed by atoms with E-state index in [2.05, 4.69) is 10.5 Å². The third-order valence-electron chi connectivity index (χ3n) is 5.88. The van der Waals surface area contributed by atoms with Crippen molar-refractivity contribution in [3.63, 3.8) is 0 Å². The molecule has 9 heteroatoms. The molecule has 1 atom stereocenters. The second-order valence-electron chi connectivity index (χ2n) is 8.32. The van der Waals surface area contributed by atoms with Crippen LogP contribution in [-0.4, -0.2) is 39.7 Å². The molecule has 0 bridgehead atoms. The minimum Gasteiger partial charge on any atom is -0.369 e. The van der Waals surface area contributed by atoms with Crippen LogP contribution in [0.5, 0.6) is 0 Å². The number of halogens is 2. The lowest BCUT2D eigenvalue weighted by molar-refractivity contribution is -0.123. The monoisotopic (exact) mass is 485 g/mol. The summed E-state index contributed by atoms with van der Waals surface area (Å²) in [6.45, 7) is 4.90. The zero-order valence-electron chi connectivity index (χ0n) is 18.4. The maximum Gasteiger partial charge on any atom is 0.286 e. The Morgan fingerprint density at radius 3 is 2.52 bits per heavy atom. The summed E-state index contributed by atoms with van der Waals surface area (Å²) in [5, 5.41) is 7.32. The molecule has 1 saturated heterocycles. The molecule has 7 nitrogen and oxygen atoms in total. The molecule has 1 aliphatic heterocycles. The molecule has 4 rings (SSSR count). The molecule has 1 aromatic heterocycles. The smallest absolute Gasteiger partial charge is 0.286 e. The van der Waals surface area contributed by atoms with E-state index in [4.69, 9.17) is 28.9 Å². The van der Waals surface area contributed by atoms with E-state index in [1.807, 2.05) is 38.1 Å². The average Bonchev–Trinajstić information content (AvgIpc) is 3.11. The van der Waals surface area contributed by atoms with Crippen LogP contribution in [-0.2, 0) is 4.79 Å². The van der Waals surface area contributed by atoms with Crippen LogP contribution < -0.4 is 11.2 Å². The molecule has 0 saturated carbocycles. The van der Waals surface area contributed by atoms with Crippen LogP contribution in [0.2, 0.25) is 10.0 Å². The number of carbonyl (C=O) groups excluding carboxylic acids is 2. The standard InChI is InChI=1S/C24H25Cl2N5O2/c1-14-5-7-16(8-6-14)22-15(2)21(28-31(22)20-10-9-18(25)12-19(20)26)24(33)29-30-11-3-4-17(13-30)23(27)32/h5-10,12,17H,3-4,11,13H2,1-2H3,(H2,27,32)(H,29,33). The second kappa shape index (κ2) is 9.55. The van der Waals surface area contributed by atoms with Gasteiger partial charge in [-0.05, 0) is 44.9 Å². The van der Waals surface area contributed by atoms with Gasteiger partial charge in [0.25, 0.3) is 5.91 Å². The van der Waals surface area contributed by atoms with Gasteiger partial charge < -0.3 is 5.73 Å². The number of piperidine rings is 1. The Bertz CT molecular complexity index is 1210. The van der Waals surface area contributed by atoms with E-state index >= 15 is 0 Å². The van der Waals surface area contributed by atoms with Crippen molar-refractivity contribution in [2.45, 2.75) is 26.7 Å². The van der Waals surface area contributed by atoms with Gasteiger partial charge in [0.2, 0.25) is 5.91 Å². The van der Waals surface area contributed by atoms with E-state index in [9.17, 15) is 9.59 Å². The highest BCUT2D eigenvalue weighted by molar-refractivity contribution is 6.35. The lowest BCUT2D eigenvalue weighted by atomic mass is 9.99. The van der Waals surface area contributed by atoms with Crippen LogP contribution in [0.4, 0.5) is 0 Å². The third kappa shape index (κ3) is 4.90. The molecule has 0 spiro atoms. The van der Waals surface area contributed by atoms with E-state index < -0.39 is 0 Å². The van der Waals surface area contributed by atoms with Gasteiger partial charge in [0, 0.05) is 29.2 Å². The molecule has 2 heterocycles. The maximum absolute atomic E-state index is 13.2. The number of amides is 2. The first-order valence-corrected chi connectivity index (χ1v) is 11.5. The second-order valence-corrected chi connectivity index (χ2v) is 9.17. The number of hydrogen-bond acceptors (Lipinski definition) is 4. The maximum atomic E-state index is 13.2. The summed E-state index contributed by atoms with van der Waals surface area (Å²) < 4.78 is 1.68. The van der Waals surface area contributed by atoms with Gasteiger partial charge in [0.05, 0.1) is 22.3 Å². The van der Waals surface area contributed by atoms with Gasteiger partial charge in [0.1, 0.15) is 0 Å². The molecular formula is C24H25Cl2N5O2. The lowest BCUT2D eigenvalue weighted by Crippen LogP contribution is -2.50. The van der Waals surface area contributed by atoms with E-state index in [1.165, 1.54) is 0 Å². The van der Waals surface area contributed by atoms with E-state index in [1.54, 1.807) is 27.9 Å². The van der Waals surface area contributed by atoms with Crippen molar-refractivity contribution < 1.29 is 9.59 Å². The van der Waals surface area contributed by atoms with Crippen molar-refractivity contribution in [2.75, 3.05) is 13.1 Å². The van der Waals surface area contributed by atoms with Gasteiger partial charge in [-0.25, -0.2) is 9.69 Å². The summed E-state index contributed by atoms with van der Waals surface area (Å²) >= 11 is 12.6. The summed E-state index contributed by atoms with van der Waals surface area (Å²) in [5.74, 6) is -0.989. The number of hydrazine groups is 1. The van der Waals surface area contributed by atoms with Gasteiger partial charge in [-0.3, -0.25) is 15.0 Å². The van der Waals surface area contributed by atoms with Gasteiger partial charge in [-0.15, -0.1) is 0 Å². The predicted molar refractivity (Wildman–Crippen MR) is 129 cm³/mol. The van der Waals surface area contributed by atoms with E-state index in [0.29, 0.717) is 34.4 Å². The first kappa shape index (κ1) is 23.3. The summed E-state index contributed by atoms with van der Waals surface area (Å²) in [4.78, 5) is 24.8. The zero-order valence-corrected chi connectivity index (χ0v) is 20.0. The molecule has 1 aliphatic rings. The van der Waals surface area contributed by atoms with Crippen LogP contribution in [0.25, 0.3) is 16.9 Å². The Balaban J connectivity index is 1.74. The number of aryl methyl sites for hydroxylation is 1. The van der Waals surface area contributed by atoms with E-state index in [-0.39, 0.29) is 23.4 Å². The van der Waals surface area contributed by atoms with Gasteiger partial charge in [-0.2, -0.15) is 5.10 Å². The number of carbonyl (C=O) groups is 2. The Morgan fingerprint density at radius 2 is 1.85 bits per heavy atom. The molecule has 33 heavy (non-hydrogen) atoms. The third-order valence-corrected chi connectivity index (χ3v) is 6.42. The number of rotatable bonds is 5. The predicted octanol–water partition coefficient (Wildman–Crippen LogP) is 4.31. The SMILES string of the molecule is Cc1ccc(-c2c(C)c(C(=O)NN3CCCC(C(N)=O)C3)nn2-c2ccc(Cl)cc2Cl)cc1. The minimum absolute atomic E-state index is 0.276. The first-order valence-electron chi connectivity index (χ1n) is 10.7. The summed E-state index contributed by atoms with van der Waals surface area (Å²) in [6, 6.07) is 13.1. The van der Waals surface area contributed by atoms with Gasteiger partial charge >= 0.3 is 0 Å². The number of aromatic nitrogens is 2. The van der Waals surface area contributed by atoms with E-state index in [0.717, 1.165) is 29.7 Å². The quantitative estimate of drug-likeness (QED) is 0.562. The molecule has 172 valence electrons. The Kier molecular flexibility index (Phi) is 6.74. The Labute approximate surface area is 202 Å². The number of hydrogen-bond donors (Lipinski definition) is 2. The fourth-order valence-electron chi connectivity index (χ4n) is 4.10. The largest absolute Gasteiger partial charge is 0.369 e. The highest BCUT2D eigenvalue weighted by atomic mass is 35.5. The van der Waals surface area contributed by atoms with Crippen molar-refractivity contribution in [1.29, 1.82) is 0 Å².